The number of carbonyl (C=O) groups excluding carboxylic acids is 2. The second-order valence-corrected chi connectivity index (χ2v) is 7.75. The van der Waals surface area contributed by atoms with Crippen molar-refractivity contribution in [3.8, 4) is 0 Å². The Bertz CT molecular complexity index is 764. The Morgan fingerprint density at radius 3 is 2.27 bits per heavy atom. The van der Waals surface area contributed by atoms with Gasteiger partial charge < -0.3 is 5.32 Å². The summed E-state index contributed by atoms with van der Waals surface area (Å²) in [6, 6.07) is 15.3. The molecular weight excluding hydrogens is 392 g/mol. The standard InChI is InChI=1S/C21H23BrN2O2/c1-15-2-4-16(5-3-15)20(25)14-24-12-10-17(11-13-24)21(26)23-19-8-6-18(22)7-9-19/h2-9,17H,10-14H2,1H3,(H,23,26). The SMILES string of the molecule is Cc1ccc(C(=O)CN2CCC(C(=O)Nc3ccc(Br)cc3)CC2)cc1. The molecule has 0 radical (unpaired) electrons. The maximum absolute atomic E-state index is 12.4. The topological polar surface area (TPSA) is 49.4 Å². The van der Waals surface area contributed by atoms with E-state index in [0.29, 0.717) is 6.54 Å². The number of hydrogen-bond donors (Lipinski definition) is 1. The summed E-state index contributed by atoms with van der Waals surface area (Å²) < 4.78 is 0.988. The highest BCUT2D eigenvalue weighted by atomic mass is 79.9. The zero-order valence-corrected chi connectivity index (χ0v) is 16.5. The summed E-state index contributed by atoms with van der Waals surface area (Å²) >= 11 is 3.39. The fourth-order valence-corrected chi connectivity index (χ4v) is 3.43. The quantitative estimate of drug-likeness (QED) is 0.742. The minimum absolute atomic E-state index is 0.00405. The Balaban J connectivity index is 1.47. The van der Waals surface area contributed by atoms with Crippen molar-refractivity contribution < 1.29 is 9.59 Å². The number of likely N-dealkylation sites (tertiary alicyclic amines) is 1. The average Bonchev–Trinajstić information content (AvgIpc) is 2.64. The molecule has 26 heavy (non-hydrogen) atoms. The number of anilines is 1. The van der Waals surface area contributed by atoms with E-state index in [9.17, 15) is 9.59 Å². The van der Waals surface area contributed by atoms with Crippen LogP contribution in [-0.2, 0) is 4.79 Å². The Hall–Kier alpha value is -1.98. The normalized spacial score (nSPS) is 15.6. The van der Waals surface area contributed by atoms with Gasteiger partial charge in [-0.05, 0) is 57.1 Å². The van der Waals surface area contributed by atoms with Crippen LogP contribution in [0.2, 0.25) is 0 Å². The number of amides is 1. The van der Waals surface area contributed by atoms with Gasteiger partial charge in [0.15, 0.2) is 5.78 Å². The van der Waals surface area contributed by atoms with Gasteiger partial charge in [0, 0.05) is 21.6 Å². The number of halogens is 1. The van der Waals surface area contributed by atoms with E-state index in [-0.39, 0.29) is 17.6 Å². The van der Waals surface area contributed by atoms with E-state index < -0.39 is 0 Å². The van der Waals surface area contributed by atoms with Gasteiger partial charge in [0.25, 0.3) is 0 Å². The number of hydrogen-bond acceptors (Lipinski definition) is 3. The predicted molar refractivity (Wildman–Crippen MR) is 107 cm³/mol. The third kappa shape index (κ3) is 5.02. The van der Waals surface area contributed by atoms with E-state index in [1.807, 2.05) is 55.5 Å². The number of piperidine rings is 1. The number of carbonyl (C=O) groups is 2. The van der Waals surface area contributed by atoms with Crippen LogP contribution in [0.25, 0.3) is 0 Å². The van der Waals surface area contributed by atoms with E-state index in [4.69, 9.17) is 0 Å². The molecule has 0 saturated carbocycles. The van der Waals surface area contributed by atoms with Crippen molar-refractivity contribution in [3.63, 3.8) is 0 Å². The first-order valence-corrected chi connectivity index (χ1v) is 9.69. The lowest BCUT2D eigenvalue weighted by Crippen LogP contribution is -2.40. The zero-order valence-electron chi connectivity index (χ0n) is 14.9. The molecule has 1 fully saturated rings. The number of nitrogens with one attached hydrogen (secondary N) is 1. The van der Waals surface area contributed by atoms with E-state index >= 15 is 0 Å². The summed E-state index contributed by atoms with van der Waals surface area (Å²) in [6.45, 7) is 3.98. The molecule has 0 spiro atoms. The monoisotopic (exact) mass is 414 g/mol. The molecular formula is C21H23BrN2O2. The van der Waals surface area contributed by atoms with E-state index in [1.54, 1.807) is 0 Å². The molecule has 1 aliphatic heterocycles. The molecule has 0 atom stereocenters. The first kappa shape index (κ1) is 18.8. The molecule has 0 aromatic heterocycles. The van der Waals surface area contributed by atoms with Gasteiger partial charge in [-0.2, -0.15) is 0 Å². The summed E-state index contributed by atoms with van der Waals surface area (Å²) in [5.74, 6) is 0.212. The van der Waals surface area contributed by atoms with Crippen LogP contribution in [-0.4, -0.2) is 36.2 Å². The molecule has 1 heterocycles. The largest absolute Gasteiger partial charge is 0.326 e. The Morgan fingerprint density at radius 1 is 1.04 bits per heavy atom. The average molecular weight is 415 g/mol. The molecule has 1 saturated heterocycles. The molecule has 136 valence electrons. The first-order valence-electron chi connectivity index (χ1n) is 8.90. The summed E-state index contributed by atoms with van der Waals surface area (Å²) in [5, 5.41) is 2.98. The van der Waals surface area contributed by atoms with E-state index in [0.717, 1.165) is 47.2 Å². The van der Waals surface area contributed by atoms with E-state index in [2.05, 4.69) is 26.1 Å². The minimum atomic E-state index is 0.00405. The molecule has 4 nitrogen and oxygen atoms in total. The van der Waals surface area contributed by atoms with Gasteiger partial charge in [0.05, 0.1) is 6.54 Å². The number of Topliss-reactive ketones (excluding diaryl/α,β-unsaturated/α-hetero) is 1. The summed E-state index contributed by atoms with van der Waals surface area (Å²) in [4.78, 5) is 27.0. The first-order chi connectivity index (χ1) is 12.5. The van der Waals surface area contributed by atoms with Crippen LogP contribution in [0, 0.1) is 12.8 Å². The third-order valence-corrected chi connectivity index (χ3v) is 5.34. The summed E-state index contributed by atoms with van der Waals surface area (Å²) in [5.41, 5.74) is 2.72. The number of aryl methyl sites for hydroxylation is 1. The third-order valence-electron chi connectivity index (χ3n) is 4.81. The van der Waals surface area contributed by atoms with Crippen LogP contribution >= 0.6 is 15.9 Å². The molecule has 3 rings (SSSR count). The summed E-state index contributed by atoms with van der Waals surface area (Å²) in [6.07, 6.45) is 1.56. The van der Waals surface area contributed by atoms with Crippen molar-refractivity contribution >= 4 is 33.3 Å². The smallest absolute Gasteiger partial charge is 0.227 e. The molecule has 1 N–H and O–H groups in total. The van der Waals surface area contributed by atoms with Crippen LogP contribution in [0.1, 0.15) is 28.8 Å². The van der Waals surface area contributed by atoms with Crippen molar-refractivity contribution in [2.45, 2.75) is 19.8 Å². The van der Waals surface area contributed by atoms with E-state index in [1.165, 1.54) is 0 Å². The summed E-state index contributed by atoms with van der Waals surface area (Å²) in [7, 11) is 0. The maximum Gasteiger partial charge on any atom is 0.227 e. The van der Waals surface area contributed by atoms with Gasteiger partial charge in [-0.25, -0.2) is 0 Å². The fraction of sp³-hybridized carbons (Fsp3) is 0.333. The van der Waals surface area contributed by atoms with Gasteiger partial charge in [-0.15, -0.1) is 0 Å². The number of benzene rings is 2. The van der Waals surface area contributed by atoms with Crippen molar-refractivity contribution in [1.82, 2.24) is 4.90 Å². The molecule has 0 bridgehead atoms. The second kappa shape index (κ2) is 8.60. The van der Waals surface area contributed by atoms with Gasteiger partial charge >= 0.3 is 0 Å². The number of nitrogens with zero attached hydrogens (tertiary/aromatic N) is 1. The lowest BCUT2D eigenvalue weighted by molar-refractivity contribution is -0.121. The molecule has 0 aliphatic carbocycles. The number of rotatable bonds is 5. The zero-order chi connectivity index (χ0) is 18.5. The molecule has 1 amide bonds. The van der Waals surface area contributed by atoms with Gasteiger partial charge in [0.1, 0.15) is 0 Å². The minimum Gasteiger partial charge on any atom is -0.326 e. The van der Waals surface area contributed by atoms with Gasteiger partial charge in [-0.1, -0.05) is 45.8 Å². The van der Waals surface area contributed by atoms with Crippen molar-refractivity contribution in [1.29, 1.82) is 0 Å². The highest BCUT2D eigenvalue weighted by Gasteiger charge is 2.26. The maximum atomic E-state index is 12.4. The Morgan fingerprint density at radius 2 is 1.65 bits per heavy atom. The van der Waals surface area contributed by atoms with Crippen LogP contribution in [0.15, 0.2) is 53.0 Å². The van der Waals surface area contributed by atoms with Crippen LogP contribution in [0.3, 0.4) is 0 Å². The van der Waals surface area contributed by atoms with Gasteiger partial charge in [-0.3, -0.25) is 14.5 Å². The molecule has 0 unspecified atom stereocenters. The predicted octanol–water partition coefficient (Wildman–Crippen LogP) is 4.29. The Kier molecular flexibility index (Phi) is 6.22. The van der Waals surface area contributed by atoms with Crippen molar-refractivity contribution in [3.05, 3.63) is 64.1 Å². The fourth-order valence-electron chi connectivity index (χ4n) is 3.16. The highest BCUT2D eigenvalue weighted by molar-refractivity contribution is 9.10. The Labute approximate surface area is 162 Å². The van der Waals surface area contributed by atoms with Crippen molar-refractivity contribution in [2.24, 2.45) is 5.92 Å². The van der Waals surface area contributed by atoms with Crippen LogP contribution in [0.4, 0.5) is 5.69 Å². The molecule has 2 aromatic rings. The molecule has 5 heteroatoms. The second-order valence-electron chi connectivity index (χ2n) is 6.84. The lowest BCUT2D eigenvalue weighted by Gasteiger charge is -2.30. The van der Waals surface area contributed by atoms with Crippen molar-refractivity contribution in [2.75, 3.05) is 25.0 Å². The highest BCUT2D eigenvalue weighted by Crippen LogP contribution is 2.21. The lowest BCUT2D eigenvalue weighted by atomic mass is 9.95. The number of ketones is 1. The molecule has 1 aliphatic rings. The van der Waals surface area contributed by atoms with Crippen LogP contribution < -0.4 is 5.32 Å². The van der Waals surface area contributed by atoms with Gasteiger partial charge in [0.2, 0.25) is 5.91 Å². The molecule has 2 aromatic carbocycles. The van der Waals surface area contributed by atoms with Crippen LogP contribution in [0.5, 0.6) is 0 Å².